The minimum Gasteiger partial charge on any atom is -0.469 e. The number of nitrogens with one attached hydrogen (secondary N) is 2. The topological polar surface area (TPSA) is 67.4 Å². The van der Waals surface area contributed by atoms with Crippen molar-refractivity contribution >= 4 is 17.7 Å². The van der Waals surface area contributed by atoms with Crippen LogP contribution in [0.3, 0.4) is 0 Å². The van der Waals surface area contributed by atoms with Gasteiger partial charge in [0.15, 0.2) is 17.5 Å². The van der Waals surface area contributed by atoms with Gasteiger partial charge in [-0.15, -0.1) is 0 Å². The lowest BCUT2D eigenvalue weighted by atomic mass is 10.2. The molecule has 0 unspecified atom stereocenters. The standard InChI is InChI=1S/C12H13F3N2O3/c1-6(11(18)20-2)5-16-12(19)17-7-3-8(13)10(15)9(14)4-7/h3-4,6H,5H2,1-2H3,(H2,16,17,19)/t6-/m1/s1. The molecule has 0 saturated carbocycles. The fraction of sp³-hybridized carbons (Fsp3) is 0.333. The molecule has 0 radical (unpaired) electrons. The van der Waals surface area contributed by atoms with Crippen molar-refractivity contribution in [1.82, 2.24) is 5.32 Å². The van der Waals surface area contributed by atoms with Crippen LogP contribution in [0.1, 0.15) is 6.92 Å². The number of methoxy groups -OCH3 is 1. The molecule has 1 atom stereocenters. The maximum Gasteiger partial charge on any atom is 0.319 e. The maximum atomic E-state index is 12.9. The zero-order chi connectivity index (χ0) is 15.3. The first-order valence-corrected chi connectivity index (χ1v) is 5.62. The summed E-state index contributed by atoms with van der Waals surface area (Å²) < 4.78 is 43.0. The number of ether oxygens (including phenoxy) is 1. The summed E-state index contributed by atoms with van der Waals surface area (Å²) in [5.41, 5.74) is -0.246. The normalized spacial score (nSPS) is 11.7. The highest BCUT2D eigenvalue weighted by Crippen LogP contribution is 2.17. The van der Waals surface area contributed by atoms with E-state index in [9.17, 15) is 22.8 Å². The number of benzene rings is 1. The highest BCUT2D eigenvalue weighted by molar-refractivity contribution is 5.89. The van der Waals surface area contributed by atoms with Gasteiger partial charge < -0.3 is 15.4 Å². The van der Waals surface area contributed by atoms with E-state index in [1.807, 2.05) is 0 Å². The van der Waals surface area contributed by atoms with Crippen LogP contribution in [0.4, 0.5) is 23.7 Å². The second-order valence-corrected chi connectivity index (χ2v) is 4.01. The summed E-state index contributed by atoms with van der Waals surface area (Å²) in [4.78, 5) is 22.5. The number of hydrogen-bond acceptors (Lipinski definition) is 3. The van der Waals surface area contributed by atoms with E-state index in [1.165, 1.54) is 14.0 Å². The number of hydrogen-bond donors (Lipinski definition) is 2. The molecule has 5 nitrogen and oxygen atoms in total. The van der Waals surface area contributed by atoms with Crippen LogP contribution in [0.2, 0.25) is 0 Å². The Morgan fingerprint density at radius 1 is 1.25 bits per heavy atom. The van der Waals surface area contributed by atoms with Gasteiger partial charge in [-0.25, -0.2) is 18.0 Å². The van der Waals surface area contributed by atoms with Gasteiger partial charge in [-0.3, -0.25) is 4.79 Å². The number of urea groups is 1. The van der Waals surface area contributed by atoms with E-state index in [0.29, 0.717) is 12.1 Å². The van der Waals surface area contributed by atoms with Crippen LogP contribution < -0.4 is 10.6 Å². The van der Waals surface area contributed by atoms with E-state index in [4.69, 9.17) is 0 Å². The van der Waals surface area contributed by atoms with Crippen molar-refractivity contribution < 1.29 is 27.5 Å². The van der Waals surface area contributed by atoms with Gasteiger partial charge in [-0.2, -0.15) is 0 Å². The van der Waals surface area contributed by atoms with E-state index < -0.39 is 35.4 Å². The Hall–Kier alpha value is -2.25. The molecule has 2 amide bonds. The smallest absolute Gasteiger partial charge is 0.319 e. The second-order valence-electron chi connectivity index (χ2n) is 4.01. The van der Waals surface area contributed by atoms with Gasteiger partial charge in [0, 0.05) is 24.4 Å². The number of esters is 1. The maximum absolute atomic E-state index is 12.9. The lowest BCUT2D eigenvalue weighted by Gasteiger charge is -2.11. The number of carbonyl (C=O) groups excluding carboxylic acids is 2. The Bertz CT molecular complexity index is 500. The summed E-state index contributed by atoms with van der Waals surface area (Å²) in [5, 5.41) is 4.42. The summed E-state index contributed by atoms with van der Waals surface area (Å²) in [6, 6.07) is 0.495. The van der Waals surface area contributed by atoms with Crippen LogP contribution in [-0.4, -0.2) is 25.7 Å². The average Bonchev–Trinajstić information content (AvgIpc) is 2.41. The molecule has 0 aromatic heterocycles. The summed E-state index contributed by atoms with van der Waals surface area (Å²) in [7, 11) is 1.21. The number of amides is 2. The number of halogens is 3. The van der Waals surface area contributed by atoms with Crippen LogP contribution >= 0.6 is 0 Å². The Balaban J connectivity index is 2.57. The SMILES string of the molecule is COC(=O)[C@H](C)CNC(=O)Nc1cc(F)c(F)c(F)c1. The molecular weight excluding hydrogens is 277 g/mol. The van der Waals surface area contributed by atoms with Crippen molar-refractivity contribution in [2.75, 3.05) is 19.0 Å². The van der Waals surface area contributed by atoms with Crippen molar-refractivity contribution in [3.05, 3.63) is 29.6 Å². The summed E-state index contributed by atoms with van der Waals surface area (Å²) in [6.45, 7) is 1.51. The van der Waals surface area contributed by atoms with Crippen molar-refractivity contribution in [2.45, 2.75) is 6.92 Å². The summed E-state index contributed by atoms with van der Waals surface area (Å²) >= 11 is 0. The Morgan fingerprint density at radius 3 is 2.30 bits per heavy atom. The van der Waals surface area contributed by atoms with Crippen LogP contribution in [0.5, 0.6) is 0 Å². The monoisotopic (exact) mass is 290 g/mol. The predicted molar refractivity (Wildman–Crippen MR) is 64.5 cm³/mol. The molecule has 1 aromatic rings. The molecule has 0 aliphatic heterocycles. The molecule has 20 heavy (non-hydrogen) atoms. The molecule has 0 spiro atoms. The minimum absolute atomic E-state index is 0.0231. The molecule has 0 aliphatic carbocycles. The van der Waals surface area contributed by atoms with E-state index in [2.05, 4.69) is 15.4 Å². The molecule has 0 heterocycles. The number of carbonyl (C=O) groups is 2. The molecular formula is C12H13F3N2O3. The first-order valence-electron chi connectivity index (χ1n) is 5.62. The third-order valence-corrected chi connectivity index (χ3v) is 2.41. The van der Waals surface area contributed by atoms with Gasteiger partial charge >= 0.3 is 12.0 Å². The number of rotatable bonds is 4. The van der Waals surface area contributed by atoms with Crippen LogP contribution in [0.25, 0.3) is 0 Å². The Labute approximate surface area is 113 Å². The zero-order valence-electron chi connectivity index (χ0n) is 10.8. The van der Waals surface area contributed by atoms with E-state index in [0.717, 1.165) is 0 Å². The first-order chi connectivity index (χ1) is 9.35. The van der Waals surface area contributed by atoms with Gasteiger partial charge in [-0.05, 0) is 0 Å². The van der Waals surface area contributed by atoms with Gasteiger partial charge in [0.1, 0.15) is 0 Å². The van der Waals surface area contributed by atoms with E-state index in [1.54, 1.807) is 0 Å². The zero-order valence-corrected chi connectivity index (χ0v) is 10.8. The molecule has 110 valence electrons. The van der Waals surface area contributed by atoms with Crippen molar-refractivity contribution in [3.8, 4) is 0 Å². The van der Waals surface area contributed by atoms with Crippen molar-refractivity contribution in [2.24, 2.45) is 5.92 Å². The molecule has 8 heteroatoms. The fourth-order valence-electron chi connectivity index (χ4n) is 1.33. The molecule has 1 aromatic carbocycles. The molecule has 0 fully saturated rings. The molecule has 2 N–H and O–H groups in total. The lowest BCUT2D eigenvalue weighted by Crippen LogP contribution is -2.35. The summed E-state index contributed by atoms with van der Waals surface area (Å²) in [6.07, 6.45) is 0. The van der Waals surface area contributed by atoms with Crippen molar-refractivity contribution in [3.63, 3.8) is 0 Å². The third-order valence-electron chi connectivity index (χ3n) is 2.41. The first kappa shape index (κ1) is 15.8. The van der Waals surface area contributed by atoms with Crippen LogP contribution in [-0.2, 0) is 9.53 Å². The van der Waals surface area contributed by atoms with Crippen LogP contribution in [0, 0.1) is 23.4 Å². The van der Waals surface area contributed by atoms with Crippen LogP contribution in [0.15, 0.2) is 12.1 Å². The largest absolute Gasteiger partial charge is 0.469 e. The van der Waals surface area contributed by atoms with Gasteiger partial charge in [0.25, 0.3) is 0 Å². The number of anilines is 1. The Morgan fingerprint density at radius 2 is 1.80 bits per heavy atom. The van der Waals surface area contributed by atoms with Gasteiger partial charge in [0.2, 0.25) is 0 Å². The molecule has 0 bridgehead atoms. The molecule has 0 saturated heterocycles. The predicted octanol–water partition coefficient (Wildman–Crippen LogP) is 2.03. The highest BCUT2D eigenvalue weighted by Gasteiger charge is 2.15. The second kappa shape index (κ2) is 6.78. The molecule has 0 aliphatic rings. The average molecular weight is 290 g/mol. The third kappa shape index (κ3) is 4.15. The van der Waals surface area contributed by atoms with Crippen molar-refractivity contribution in [1.29, 1.82) is 0 Å². The fourth-order valence-corrected chi connectivity index (χ4v) is 1.33. The summed E-state index contributed by atoms with van der Waals surface area (Å²) in [5.74, 6) is -5.53. The lowest BCUT2D eigenvalue weighted by molar-refractivity contribution is -0.144. The quantitative estimate of drug-likeness (QED) is 0.658. The van der Waals surface area contributed by atoms with E-state index >= 15 is 0 Å². The minimum atomic E-state index is -1.62. The Kier molecular flexibility index (Phi) is 5.36. The molecule has 1 rings (SSSR count). The van der Waals surface area contributed by atoms with Gasteiger partial charge in [0.05, 0.1) is 13.0 Å². The van der Waals surface area contributed by atoms with E-state index in [-0.39, 0.29) is 12.2 Å². The van der Waals surface area contributed by atoms with Gasteiger partial charge in [-0.1, -0.05) is 6.92 Å². The highest BCUT2D eigenvalue weighted by atomic mass is 19.2.